The maximum absolute atomic E-state index is 13.5. The van der Waals surface area contributed by atoms with E-state index in [1.54, 1.807) is 0 Å². The smallest absolute Gasteiger partial charge is 0.192 e. The molecule has 0 saturated heterocycles. The van der Waals surface area contributed by atoms with Crippen LogP contribution in [0.25, 0.3) is 0 Å². The van der Waals surface area contributed by atoms with Crippen LogP contribution in [0.15, 0.2) is 47.4 Å². The van der Waals surface area contributed by atoms with Gasteiger partial charge in [0.25, 0.3) is 0 Å². The SMILES string of the molecule is CS(=O)(=O)c1ccc(C2(Oc3ccc(F)c(F)c3)CCCC2=O)cc1. The maximum atomic E-state index is 13.5. The second-order valence-electron chi connectivity index (χ2n) is 6.08. The zero-order valence-corrected chi connectivity index (χ0v) is 14.3. The van der Waals surface area contributed by atoms with Crippen molar-refractivity contribution >= 4 is 15.6 Å². The van der Waals surface area contributed by atoms with E-state index in [1.807, 2.05) is 0 Å². The molecule has 0 aromatic heterocycles. The first-order valence-corrected chi connectivity index (χ1v) is 9.59. The van der Waals surface area contributed by atoms with E-state index in [1.165, 1.54) is 30.3 Å². The molecule has 0 N–H and O–H groups in total. The van der Waals surface area contributed by atoms with E-state index in [-0.39, 0.29) is 16.4 Å². The van der Waals surface area contributed by atoms with Crippen molar-refractivity contribution in [3.8, 4) is 5.75 Å². The zero-order valence-electron chi connectivity index (χ0n) is 13.5. The molecule has 132 valence electrons. The standard InChI is InChI=1S/C18H16F2O4S/c1-25(22,23)14-7-4-12(5-8-14)18(10-2-3-17(18)21)24-13-6-9-15(19)16(20)11-13/h4-9,11H,2-3,10H2,1H3. The molecular weight excluding hydrogens is 350 g/mol. The van der Waals surface area contributed by atoms with Crippen LogP contribution in [0, 0.1) is 11.6 Å². The lowest BCUT2D eigenvalue weighted by molar-refractivity contribution is -0.131. The van der Waals surface area contributed by atoms with Gasteiger partial charge in [-0.05, 0) is 37.1 Å². The molecule has 0 radical (unpaired) electrons. The molecule has 1 unspecified atom stereocenters. The highest BCUT2D eigenvalue weighted by Crippen LogP contribution is 2.40. The van der Waals surface area contributed by atoms with Crippen LogP contribution in [0.3, 0.4) is 0 Å². The Bertz CT molecular complexity index is 923. The zero-order chi connectivity index (χ0) is 18.2. The Morgan fingerprint density at radius 2 is 1.72 bits per heavy atom. The molecule has 2 aromatic rings. The van der Waals surface area contributed by atoms with Crippen molar-refractivity contribution in [2.75, 3.05) is 6.26 Å². The van der Waals surface area contributed by atoms with Gasteiger partial charge >= 0.3 is 0 Å². The van der Waals surface area contributed by atoms with Crippen molar-refractivity contribution in [1.29, 1.82) is 0 Å². The Hall–Kier alpha value is -2.28. The number of ketones is 1. The molecule has 0 bridgehead atoms. The molecule has 4 nitrogen and oxygen atoms in total. The third-order valence-corrected chi connectivity index (χ3v) is 5.44. The van der Waals surface area contributed by atoms with Gasteiger partial charge in [0, 0.05) is 24.3 Å². The second kappa shape index (κ2) is 6.22. The van der Waals surface area contributed by atoms with E-state index in [2.05, 4.69) is 0 Å². The van der Waals surface area contributed by atoms with Crippen LogP contribution < -0.4 is 4.74 Å². The normalized spacial score (nSPS) is 20.7. The molecule has 1 atom stereocenters. The van der Waals surface area contributed by atoms with Crippen LogP contribution in [0.1, 0.15) is 24.8 Å². The number of rotatable bonds is 4. The maximum Gasteiger partial charge on any atom is 0.192 e. The van der Waals surface area contributed by atoms with E-state index in [0.29, 0.717) is 24.8 Å². The van der Waals surface area contributed by atoms with Crippen LogP contribution in [0.2, 0.25) is 0 Å². The van der Waals surface area contributed by atoms with Gasteiger partial charge < -0.3 is 4.74 Å². The summed E-state index contributed by atoms with van der Waals surface area (Å²) in [7, 11) is -3.36. The molecule has 0 amide bonds. The van der Waals surface area contributed by atoms with Gasteiger partial charge in [0.1, 0.15) is 5.75 Å². The number of Topliss-reactive ketones (excluding diaryl/α,β-unsaturated/α-hetero) is 1. The van der Waals surface area contributed by atoms with Gasteiger partial charge in [-0.1, -0.05) is 12.1 Å². The van der Waals surface area contributed by atoms with Crippen LogP contribution in [-0.2, 0) is 20.2 Å². The number of halogens is 2. The van der Waals surface area contributed by atoms with E-state index in [0.717, 1.165) is 18.4 Å². The van der Waals surface area contributed by atoms with Gasteiger partial charge in [-0.3, -0.25) is 4.79 Å². The lowest BCUT2D eigenvalue weighted by atomic mass is 9.91. The first kappa shape index (κ1) is 17.5. The summed E-state index contributed by atoms with van der Waals surface area (Å²) in [5.74, 6) is -2.20. The highest BCUT2D eigenvalue weighted by Gasteiger charge is 2.46. The lowest BCUT2D eigenvalue weighted by Gasteiger charge is -2.29. The molecule has 3 rings (SSSR count). The first-order valence-electron chi connectivity index (χ1n) is 7.70. The molecule has 2 aromatic carbocycles. The van der Waals surface area contributed by atoms with E-state index < -0.39 is 27.1 Å². The number of hydrogen-bond donors (Lipinski definition) is 0. The molecule has 1 aliphatic rings. The summed E-state index contributed by atoms with van der Waals surface area (Å²) in [5.41, 5.74) is -0.826. The second-order valence-corrected chi connectivity index (χ2v) is 8.09. The fourth-order valence-corrected chi connectivity index (χ4v) is 3.65. The average molecular weight is 366 g/mol. The van der Waals surface area contributed by atoms with Gasteiger partial charge in [-0.2, -0.15) is 0 Å². The minimum Gasteiger partial charge on any atom is -0.475 e. The number of carbonyl (C=O) groups excluding carboxylic acids is 1. The fourth-order valence-electron chi connectivity index (χ4n) is 3.02. The topological polar surface area (TPSA) is 60.4 Å². The molecule has 0 spiro atoms. The van der Waals surface area contributed by atoms with E-state index in [9.17, 15) is 22.0 Å². The molecule has 1 fully saturated rings. The summed E-state index contributed by atoms with van der Waals surface area (Å²) < 4.78 is 55.6. The molecule has 1 saturated carbocycles. The van der Waals surface area contributed by atoms with Crippen LogP contribution in [0.4, 0.5) is 8.78 Å². The van der Waals surface area contributed by atoms with Crippen molar-refractivity contribution in [3.05, 3.63) is 59.7 Å². The van der Waals surface area contributed by atoms with E-state index in [4.69, 9.17) is 4.74 Å². The minimum absolute atomic E-state index is 0.0429. The van der Waals surface area contributed by atoms with Crippen LogP contribution >= 0.6 is 0 Å². The minimum atomic E-state index is -3.36. The molecular formula is C18H16F2O4S. The van der Waals surface area contributed by atoms with Gasteiger partial charge in [0.15, 0.2) is 32.9 Å². The summed E-state index contributed by atoms with van der Waals surface area (Å²) >= 11 is 0. The molecule has 1 aliphatic carbocycles. The predicted molar refractivity (Wildman–Crippen MR) is 87.1 cm³/mol. The summed E-state index contributed by atoms with van der Waals surface area (Å²) in [4.78, 5) is 12.7. The Labute approximate surface area is 144 Å². The Morgan fingerprint density at radius 1 is 1.04 bits per heavy atom. The number of benzene rings is 2. The van der Waals surface area contributed by atoms with Crippen molar-refractivity contribution in [2.24, 2.45) is 0 Å². The van der Waals surface area contributed by atoms with Gasteiger partial charge in [0.2, 0.25) is 0 Å². The summed E-state index contributed by atoms with van der Waals surface area (Å²) in [5, 5.41) is 0. The monoisotopic (exact) mass is 366 g/mol. The summed E-state index contributed by atoms with van der Waals surface area (Å²) in [6, 6.07) is 8.97. The molecule has 25 heavy (non-hydrogen) atoms. The quantitative estimate of drug-likeness (QED) is 0.832. The first-order chi connectivity index (χ1) is 11.7. The highest BCUT2D eigenvalue weighted by atomic mass is 32.2. The largest absolute Gasteiger partial charge is 0.475 e. The average Bonchev–Trinajstić information content (AvgIpc) is 2.92. The molecule has 0 aliphatic heterocycles. The van der Waals surface area contributed by atoms with E-state index >= 15 is 0 Å². The third-order valence-electron chi connectivity index (χ3n) is 4.32. The van der Waals surface area contributed by atoms with Gasteiger partial charge in [-0.15, -0.1) is 0 Å². The van der Waals surface area contributed by atoms with Crippen molar-refractivity contribution in [3.63, 3.8) is 0 Å². The number of carbonyl (C=O) groups is 1. The summed E-state index contributed by atoms with van der Waals surface area (Å²) in [6.07, 6.45) is 2.37. The van der Waals surface area contributed by atoms with Crippen molar-refractivity contribution < 1.29 is 26.7 Å². The van der Waals surface area contributed by atoms with Crippen molar-refractivity contribution in [2.45, 2.75) is 29.8 Å². The number of hydrogen-bond acceptors (Lipinski definition) is 4. The predicted octanol–water partition coefficient (Wildman–Crippen LogP) is 3.40. The molecule has 7 heteroatoms. The van der Waals surface area contributed by atoms with Crippen LogP contribution in [0.5, 0.6) is 5.75 Å². The van der Waals surface area contributed by atoms with Crippen molar-refractivity contribution in [1.82, 2.24) is 0 Å². The third kappa shape index (κ3) is 3.28. The Kier molecular flexibility index (Phi) is 4.36. The fraction of sp³-hybridized carbons (Fsp3) is 0.278. The Balaban J connectivity index is 2.02. The van der Waals surface area contributed by atoms with Gasteiger partial charge in [-0.25, -0.2) is 17.2 Å². The number of ether oxygens (including phenoxy) is 1. The van der Waals surface area contributed by atoms with Gasteiger partial charge in [0.05, 0.1) is 4.90 Å². The molecule has 0 heterocycles. The lowest BCUT2D eigenvalue weighted by Crippen LogP contribution is -2.37. The van der Waals surface area contributed by atoms with Crippen LogP contribution in [-0.4, -0.2) is 20.5 Å². The number of sulfone groups is 1. The Morgan fingerprint density at radius 3 is 2.24 bits per heavy atom. The highest BCUT2D eigenvalue weighted by molar-refractivity contribution is 7.90. The summed E-state index contributed by atoms with van der Waals surface area (Å²) in [6.45, 7) is 0.